The minimum atomic E-state index is -0.564. The highest BCUT2D eigenvalue weighted by Gasteiger charge is 2.23. The summed E-state index contributed by atoms with van der Waals surface area (Å²) in [6.45, 7) is 0.200. The van der Waals surface area contributed by atoms with Crippen LogP contribution < -0.4 is 20.1 Å². The van der Waals surface area contributed by atoms with Gasteiger partial charge in [-0.1, -0.05) is 34.1 Å². The number of urea groups is 1. The number of nitrogens with zero attached hydrogens (tertiary/aromatic N) is 1. The molecule has 2 N–H and O–H groups in total. The van der Waals surface area contributed by atoms with E-state index in [-0.39, 0.29) is 12.3 Å². The summed E-state index contributed by atoms with van der Waals surface area (Å²) in [7, 11) is 1.50. The van der Waals surface area contributed by atoms with E-state index in [4.69, 9.17) is 14.7 Å². The molecule has 0 radical (unpaired) electrons. The molecule has 3 rings (SSSR count). The van der Waals surface area contributed by atoms with Crippen molar-refractivity contribution >= 4 is 33.9 Å². The molecular formula is C19H14BrN3O4. The molecule has 8 heteroatoms. The molecule has 3 amide bonds. The molecule has 1 saturated heterocycles. The predicted molar refractivity (Wildman–Crippen MR) is 101 cm³/mol. The van der Waals surface area contributed by atoms with Gasteiger partial charge in [-0.05, 0) is 29.8 Å². The maximum Gasteiger partial charge on any atom is 0.326 e. The monoisotopic (exact) mass is 427 g/mol. The number of halogens is 1. The quantitative estimate of drug-likeness (QED) is 0.563. The maximum atomic E-state index is 11.7. The first-order chi connectivity index (χ1) is 13.0. The molecule has 0 atom stereocenters. The summed E-state index contributed by atoms with van der Waals surface area (Å²) >= 11 is 3.43. The van der Waals surface area contributed by atoms with Crippen molar-refractivity contribution in [1.29, 1.82) is 5.26 Å². The number of amides is 3. The van der Waals surface area contributed by atoms with Gasteiger partial charge < -0.3 is 14.8 Å². The van der Waals surface area contributed by atoms with Crippen molar-refractivity contribution in [2.24, 2.45) is 0 Å². The highest BCUT2D eigenvalue weighted by atomic mass is 79.9. The first kappa shape index (κ1) is 18.5. The molecule has 1 heterocycles. The highest BCUT2D eigenvalue weighted by molar-refractivity contribution is 9.10. The first-order valence-electron chi connectivity index (χ1n) is 7.84. The normalized spacial score (nSPS) is 14.5. The zero-order valence-corrected chi connectivity index (χ0v) is 15.8. The fourth-order valence-electron chi connectivity index (χ4n) is 2.48. The lowest BCUT2D eigenvalue weighted by Crippen LogP contribution is -2.22. The van der Waals surface area contributed by atoms with Crippen LogP contribution in [0.1, 0.15) is 16.7 Å². The molecule has 7 nitrogen and oxygen atoms in total. The molecule has 1 aliphatic rings. The lowest BCUT2D eigenvalue weighted by Gasteiger charge is -2.13. The predicted octanol–water partition coefficient (Wildman–Crippen LogP) is 3.09. The maximum absolute atomic E-state index is 11.7. The third-order valence-corrected chi connectivity index (χ3v) is 4.51. The van der Waals surface area contributed by atoms with Gasteiger partial charge in [0.2, 0.25) is 0 Å². The Hall–Kier alpha value is -3.31. The van der Waals surface area contributed by atoms with Gasteiger partial charge in [-0.2, -0.15) is 5.26 Å². The molecule has 2 aromatic rings. The van der Waals surface area contributed by atoms with Gasteiger partial charge in [-0.3, -0.25) is 10.1 Å². The van der Waals surface area contributed by atoms with Crippen LogP contribution in [-0.4, -0.2) is 19.0 Å². The van der Waals surface area contributed by atoms with Gasteiger partial charge in [-0.15, -0.1) is 0 Å². The molecular weight excluding hydrogens is 414 g/mol. The SMILES string of the molecule is COc1cc(/C=C2/NC(=O)NC2=O)c(Br)cc1OCc1ccccc1C#N. The molecule has 0 aromatic heterocycles. The number of carbonyl (C=O) groups is 2. The lowest BCUT2D eigenvalue weighted by atomic mass is 10.1. The number of nitrogens with one attached hydrogen (secondary N) is 2. The summed E-state index contributed by atoms with van der Waals surface area (Å²) in [5.41, 5.74) is 2.07. The summed E-state index contributed by atoms with van der Waals surface area (Å²) in [6, 6.07) is 12.1. The van der Waals surface area contributed by atoms with Crippen LogP contribution in [0.2, 0.25) is 0 Å². The van der Waals surface area contributed by atoms with E-state index in [1.165, 1.54) is 13.2 Å². The van der Waals surface area contributed by atoms with Crippen LogP contribution in [-0.2, 0) is 11.4 Å². The van der Waals surface area contributed by atoms with Crippen molar-refractivity contribution in [2.75, 3.05) is 7.11 Å². The standard InChI is InChI=1S/C19H14BrN3O4/c1-26-16-7-13(6-15-18(24)23-19(25)22-15)14(20)8-17(16)27-10-12-5-3-2-4-11(12)9-21/h2-8H,10H2,1H3,(H2,22,23,24,25)/b15-6+. The number of hydrogen-bond donors (Lipinski definition) is 2. The highest BCUT2D eigenvalue weighted by Crippen LogP contribution is 2.35. The summed E-state index contributed by atoms with van der Waals surface area (Å²) in [6.07, 6.45) is 1.53. The van der Waals surface area contributed by atoms with Crippen LogP contribution in [0.4, 0.5) is 4.79 Å². The number of rotatable bonds is 5. The number of carbonyl (C=O) groups excluding carboxylic acids is 2. The number of methoxy groups -OCH3 is 1. The summed E-state index contributed by atoms with van der Waals surface area (Å²) in [5.74, 6) is 0.419. The van der Waals surface area contributed by atoms with Crippen LogP contribution in [0, 0.1) is 11.3 Å². The van der Waals surface area contributed by atoms with E-state index in [9.17, 15) is 9.59 Å². The van der Waals surface area contributed by atoms with Crippen molar-refractivity contribution in [3.05, 3.63) is 63.3 Å². The fourth-order valence-corrected chi connectivity index (χ4v) is 2.92. The van der Waals surface area contributed by atoms with Gasteiger partial charge in [0.15, 0.2) is 11.5 Å². The van der Waals surface area contributed by atoms with E-state index < -0.39 is 11.9 Å². The fraction of sp³-hybridized carbons (Fsp3) is 0.105. The van der Waals surface area contributed by atoms with Crippen molar-refractivity contribution in [3.8, 4) is 17.6 Å². The van der Waals surface area contributed by atoms with Crippen molar-refractivity contribution in [1.82, 2.24) is 10.6 Å². The van der Waals surface area contributed by atoms with E-state index in [1.54, 1.807) is 24.3 Å². The topological polar surface area (TPSA) is 100 Å². The van der Waals surface area contributed by atoms with E-state index >= 15 is 0 Å². The number of nitriles is 1. The van der Waals surface area contributed by atoms with E-state index in [0.29, 0.717) is 27.1 Å². The second kappa shape index (κ2) is 7.93. The summed E-state index contributed by atoms with van der Waals surface area (Å²) < 4.78 is 11.8. The Balaban J connectivity index is 1.86. The van der Waals surface area contributed by atoms with E-state index in [0.717, 1.165) is 5.56 Å². The molecule has 1 fully saturated rings. The van der Waals surface area contributed by atoms with Crippen LogP contribution in [0.25, 0.3) is 6.08 Å². The van der Waals surface area contributed by atoms with E-state index in [2.05, 4.69) is 32.6 Å². The third kappa shape index (κ3) is 4.10. The summed E-state index contributed by atoms with van der Waals surface area (Å²) in [5, 5.41) is 13.7. The first-order valence-corrected chi connectivity index (χ1v) is 8.63. The molecule has 0 aliphatic carbocycles. The van der Waals surface area contributed by atoms with Crippen LogP contribution in [0.5, 0.6) is 11.5 Å². The minimum Gasteiger partial charge on any atom is -0.493 e. The zero-order valence-electron chi connectivity index (χ0n) is 14.2. The molecule has 2 aromatic carbocycles. The van der Waals surface area contributed by atoms with Gasteiger partial charge in [-0.25, -0.2) is 4.79 Å². The molecule has 1 aliphatic heterocycles. The third-order valence-electron chi connectivity index (χ3n) is 3.82. The van der Waals surface area contributed by atoms with Gasteiger partial charge in [0.05, 0.1) is 18.7 Å². The number of hydrogen-bond acceptors (Lipinski definition) is 5. The second-order valence-electron chi connectivity index (χ2n) is 5.55. The Morgan fingerprint density at radius 3 is 2.63 bits per heavy atom. The van der Waals surface area contributed by atoms with Crippen LogP contribution in [0.15, 0.2) is 46.6 Å². The van der Waals surface area contributed by atoms with Crippen molar-refractivity contribution in [2.45, 2.75) is 6.61 Å². The van der Waals surface area contributed by atoms with Crippen LogP contribution >= 0.6 is 15.9 Å². The zero-order chi connectivity index (χ0) is 19.4. The Morgan fingerprint density at radius 2 is 1.96 bits per heavy atom. The largest absolute Gasteiger partial charge is 0.493 e. The van der Waals surface area contributed by atoms with Gasteiger partial charge in [0.25, 0.3) is 5.91 Å². The van der Waals surface area contributed by atoms with Gasteiger partial charge in [0.1, 0.15) is 12.3 Å². The van der Waals surface area contributed by atoms with Crippen LogP contribution in [0.3, 0.4) is 0 Å². The average molecular weight is 428 g/mol. The van der Waals surface area contributed by atoms with E-state index in [1.807, 2.05) is 12.1 Å². The Labute approximate surface area is 163 Å². The molecule has 0 unspecified atom stereocenters. The molecule has 136 valence electrons. The second-order valence-corrected chi connectivity index (χ2v) is 6.40. The number of imide groups is 1. The molecule has 27 heavy (non-hydrogen) atoms. The molecule has 0 bridgehead atoms. The smallest absolute Gasteiger partial charge is 0.326 e. The summed E-state index contributed by atoms with van der Waals surface area (Å²) in [4.78, 5) is 22.9. The Morgan fingerprint density at radius 1 is 1.19 bits per heavy atom. The molecule has 0 saturated carbocycles. The average Bonchev–Trinajstić information content (AvgIpc) is 2.98. The van der Waals surface area contributed by atoms with Gasteiger partial charge >= 0.3 is 6.03 Å². The molecule has 0 spiro atoms. The minimum absolute atomic E-state index is 0.138. The van der Waals surface area contributed by atoms with Crippen molar-refractivity contribution < 1.29 is 19.1 Å². The van der Waals surface area contributed by atoms with Gasteiger partial charge in [0, 0.05) is 10.0 Å². The lowest BCUT2D eigenvalue weighted by molar-refractivity contribution is -0.115. The number of benzene rings is 2. The van der Waals surface area contributed by atoms with Crippen molar-refractivity contribution in [3.63, 3.8) is 0 Å². The Kier molecular flexibility index (Phi) is 5.43. The Bertz CT molecular complexity index is 995. The number of ether oxygens (including phenoxy) is 2.